The predicted octanol–water partition coefficient (Wildman–Crippen LogP) is 0.977. The van der Waals surface area contributed by atoms with Crippen molar-refractivity contribution in [3.05, 3.63) is 0 Å². The summed E-state index contributed by atoms with van der Waals surface area (Å²) in [6, 6.07) is 1.24. The fourth-order valence-corrected chi connectivity index (χ4v) is 2.66. The van der Waals surface area contributed by atoms with Crippen LogP contribution in [-0.4, -0.2) is 42.8 Å². The Morgan fingerprint density at radius 2 is 1.86 bits per heavy atom. The maximum Gasteiger partial charge on any atom is 0.0576 e. The molecule has 2 aliphatic rings. The van der Waals surface area contributed by atoms with Crippen LogP contribution in [0, 0.1) is 0 Å². The van der Waals surface area contributed by atoms with Gasteiger partial charge in [-0.2, -0.15) is 0 Å². The van der Waals surface area contributed by atoms with Crippen molar-refractivity contribution in [2.75, 3.05) is 19.7 Å². The zero-order chi connectivity index (χ0) is 9.97. The van der Waals surface area contributed by atoms with Crippen molar-refractivity contribution < 1.29 is 4.74 Å². The molecule has 1 saturated heterocycles. The summed E-state index contributed by atoms with van der Waals surface area (Å²) in [5, 5.41) is 0. The second-order valence-electron chi connectivity index (χ2n) is 4.60. The van der Waals surface area contributed by atoms with Crippen LogP contribution in [0.3, 0.4) is 0 Å². The summed E-state index contributed by atoms with van der Waals surface area (Å²) in [5.41, 5.74) is 5.78. The molecule has 82 valence electrons. The number of nitrogens with zero attached hydrogens (tertiary/aromatic N) is 1. The lowest BCUT2D eigenvalue weighted by Gasteiger charge is -2.45. The minimum absolute atomic E-state index is 0.444. The van der Waals surface area contributed by atoms with Gasteiger partial charge in [-0.3, -0.25) is 4.90 Å². The van der Waals surface area contributed by atoms with Crippen molar-refractivity contribution in [2.24, 2.45) is 5.73 Å². The lowest BCUT2D eigenvalue weighted by atomic mass is 9.89. The molecule has 0 spiro atoms. The molecule has 1 aliphatic carbocycles. The lowest BCUT2D eigenvalue weighted by molar-refractivity contribution is -0.00281. The largest absolute Gasteiger partial charge is 0.379 e. The summed E-state index contributed by atoms with van der Waals surface area (Å²) in [7, 11) is 0. The first-order valence-corrected chi connectivity index (χ1v) is 5.90. The molecule has 1 saturated carbocycles. The van der Waals surface area contributed by atoms with Gasteiger partial charge < -0.3 is 10.5 Å². The Hall–Kier alpha value is -0.120. The van der Waals surface area contributed by atoms with Gasteiger partial charge >= 0.3 is 0 Å². The van der Waals surface area contributed by atoms with E-state index >= 15 is 0 Å². The van der Waals surface area contributed by atoms with E-state index in [0.29, 0.717) is 12.1 Å². The van der Waals surface area contributed by atoms with Crippen LogP contribution in [0.25, 0.3) is 0 Å². The number of hydrogen-bond donors (Lipinski definition) is 1. The Balaban J connectivity index is 1.68. The first-order valence-electron chi connectivity index (χ1n) is 5.90. The van der Waals surface area contributed by atoms with Crippen molar-refractivity contribution in [3.63, 3.8) is 0 Å². The SMILES string of the molecule is CCOC1CCC(N2CC(N)C2)CC1. The summed E-state index contributed by atoms with van der Waals surface area (Å²) in [4.78, 5) is 2.53. The van der Waals surface area contributed by atoms with Crippen LogP contribution < -0.4 is 5.73 Å². The quantitative estimate of drug-likeness (QED) is 0.734. The number of likely N-dealkylation sites (tertiary alicyclic amines) is 1. The molecule has 14 heavy (non-hydrogen) atoms. The zero-order valence-electron chi connectivity index (χ0n) is 9.11. The van der Waals surface area contributed by atoms with Crippen LogP contribution in [0.1, 0.15) is 32.6 Å². The number of ether oxygens (including phenoxy) is 1. The van der Waals surface area contributed by atoms with E-state index < -0.39 is 0 Å². The molecular weight excluding hydrogens is 176 g/mol. The minimum Gasteiger partial charge on any atom is -0.379 e. The van der Waals surface area contributed by atoms with Crippen molar-refractivity contribution >= 4 is 0 Å². The molecular formula is C11H22N2O. The number of rotatable bonds is 3. The standard InChI is InChI=1S/C11H22N2O/c1-2-14-11-5-3-10(4-6-11)13-7-9(12)8-13/h9-11H,2-8,12H2,1H3. The van der Waals surface area contributed by atoms with Crippen LogP contribution in [0.4, 0.5) is 0 Å². The van der Waals surface area contributed by atoms with Gasteiger partial charge in [0.2, 0.25) is 0 Å². The zero-order valence-corrected chi connectivity index (χ0v) is 9.11. The summed E-state index contributed by atoms with van der Waals surface area (Å²) in [6.07, 6.45) is 5.62. The van der Waals surface area contributed by atoms with Gasteiger partial charge in [-0.15, -0.1) is 0 Å². The van der Waals surface area contributed by atoms with Crippen LogP contribution in [0.5, 0.6) is 0 Å². The second kappa shape index (κ2) is 4.60. The third-order valence-corrected chi connectivity index (χ3v) is 3.50. The van der Waals surface area contributed by atoms with Gasteiger partial charge in [0.15, 0.2) is 0 Å². The molecule has 2 fully saturated rings. The molecule has 0 aromatic carbocycles. The highest BCUT2D eigenvalue weighted by molar-refractivity contribution is 4.90. The molecule has 0 atom stereocenters. The van der Waals surface area contributed by atoms with E-state index in [1.165, 1.54) is 25.7 Å². The fourth-order valence-electron chi connectivity index (χ4n) is 2.66. The van der Waals surface area contributed by atoms with Crippen LogP contribution in [0.2, 0.25) is 0 Å². The van der Waals surface area contributed by atoms with E-state index in [9.17, 15) is 0 Å². The second-order valence-corrected chi connectivity index (χ2v) is 4.60. The number of nitrogens with two attached hydrogens (primary N) is 1. The summed E-state index contributed by atoms with van der Waals surface area (Å²) >= 11 is 0. The van der Waals surface area contributed by atoms with Gasteiger partial charge in [0.05, 0.1) is 6.10 Å². The van der Waals surface area contributed by atoms with Crippen LogP contribution >= 0.6 is 0 Å². The molecule has 2 N–H and O–H groups in total. The van der Waals surface area contributed by atoms with Gasteiger partial charge in [-0.1, -0.05) is 0 Å². The molecule has 0 aromatic heterocycles. The Bertz CT molecular complexity index is 172. The highest BCUT2D eigenvalue weighted by atomic mass is 16.5. The first-order chi connectivity index (χ1) is 6.79. The van der Waals surface area contributed by atoms with Gasteiger partial charge in [0.1, 0.15) is 0 Å². The molecule has 0 radical (unpaired) electrons. The van der Waals surface area contributed by atoms with Crippen molar-refractivity contribution in [1.82, 2.24) is 4.90 Å². The van der Waals surface area contributed by atoms with Crippen LogP contribution in [0.15, 0.2) is 0 Å². The van der Waals surface area contributed by atoms with E-state index in [4.69, 9.17) is 10.5 Å². The highest BCUT2D eigenvalue weighted by Crippen LogP contribution is 2.27. The van der Waals surface area contributed by atoms with Crippen molar-refractivity contribution in [1.29, 1.82) is 0 Å². The Morgan fingerprint density at radius 1 is 1.21 bits per heavy atom. The van der Waals surface area contributed by atoms with Crippen LogP contribution in [-0.2, 0) is 4.74 Å². The maximum atomic E-state index is 5.78. The molecule has 1 heterocycles. The van der Waals surface area contributed by atoms with Crippen molar-refractivity contribution in [2.45, 2.75) is 50.8 Å². The maximum absolute atomic E-state index is 5.78. The Morgan fingerprint density at radius 3 is 2.36 bits per heavy atom. The third kappa shape index (κ3) is 2.27. The van der Waals surface area contributed by atoms with Gasteiger partial charge in [-0.25, -0.2) is 0 Å². The molecule has 3 nitrogen and oxygen atoms in total. The van der Waals surface area contributed by atoms with E-state index in [1.54, 1.807) is 0 Å². The Kier molecular flexibility index (Phi) is 3.42. The molecule has 0 amide bonds. The molecule has 0 unspecified atom stereocenters. The predicted molar refractivity (Wildman–Crippen MR) is 57.2 cm³/mol. The van der Waals surface area contributed by atoms with E-state index in [0.717, 1.165) is 25.7 Å². The smallest absolute Gasteiger partial charge is 0.0576 e. The third-order valence-electron chi connectivity index (χ3n) is 3.50. The average Bonchev–Trinajstić information content (AvgIpc) is 2.15. The molecule has 0 bridgehead atoms. The van der Waals surface area contributed by atoms with Gasteiger partial charge in [0.25, 0.3) is 0 Å². The highest BCUT2D eigenvalue weighted by Gasteiger charge is 2.32. The minimum atomic E-state index is 0.444. The molecule has 0 aromatic rings. The van der Waals surface area contributed by atoms with E-state index in [-0.39, 0.29) is 0 Å². The normalized spacial score (nSPS) is 35.6. The van der Waals surface area contributed by atoms with E-state index in [1.807, 2.05) is 0 Å². The molecule has 1 aliphatic heterocycles. The molecule has 3 heteroatoms. The van der Waals surface area contributed by atoms with Crippen molar-refractivity contribution in [3.8, 4) is 0 Å². The average molecular weight is 198 g/mol. The fraction of sp³-hybridized carbons (Fsp3) is 1.00. The summed E-state index contributed by atoms with van der Waals surface area (Å²) in [5.74, 6) is 0. The first kappa shape index (κ1) is 10.4. The summed E-state index contributed by atoms with van der Waals surface area (Å²) in [6.45, 7) is 5.18. The van der Waals surface area contributed by atoms with Gasteiger partial charge in [0, 0.05) is 31.8 Å². The van der Waals surface area contributed by atoms with E-state index in [2.05, 4.69) is 11.8 Å². The topological polar surface area (TPSA) is 38.5 Å². The van der Waals surface area contributed by atoms with Gasteiger partial charge in [-0.05, 0) is 32.6 Å². The summed E-state index contributed by atoms with van der Waals surface area (Å²) < 4.78 is 5.64. The monoisotopic (exact) mass is 198 g/mol. The number of hydrogen-bond acceptors (Lipinski definition) is 3. The molecule has 2 rings (SSSR count). The lowest BCUT2D eigenvalue weighted by Crippen LogP contribution is -2.60. The Labute approximate surface area is 86.6 Å².